The second kappa shape index (κ2) is 9.05. The van der Waals surface area contributed by atoms with Gasteiger partial charge in [-0.2, -0.15) is 0 Å². The Bertz CT molecular complexity index is 1010. The Balaban J connectivity index is 1.72. The summed E-state index contributed by atoms with van der Waals surface area (Å²) in [6.45, 7) is 0.383. The van der Waals surface area contributed by atoms with Crippen molar-refractivity contribution >= 4 is 16.9 Å². The number of hydrogen-bond acceptors (Lipinski definition) is 6. The van der Waals surface area contributed by atoms with Gasteiger partial charge in [0.05, 0.1) is 6.61 Å². The van der Waals surface area contributed by atoms with Crippen LogP contribution in [-0.4, -0.2) is 22.8 Å². The SMILES string of the molecule is O=C(CCCCCOc1cc(O)c2c(=O)cc(-c3ccccc3)oc2c1)NO. The lowest BCUT2D eigenvalue weighted by Crippen LogP contribution is -2.17. The molecule has 0 radical (unpaired) electrons. The molecular formula is C21H21NO6. The first-order chi connectivity index (χ1) is 13.6. The van der Waals surface area contributed by atoms with E-state index in [0.29, 0.717) is 31.0 Å². The largest absolute Gasteiger partial charge is 0.507 e. The predicted octanol–water partition coefficient (Wildman–Crippen LogP) is 3.61. The van der Waals surface area contributed by atoms with Gasteiger partial charge in [-0.3, -0.25) is 14.8 Å². The van der Waals surface area contributed by atoms with Crippen LogP contribution in [0.25, 0.3) is 22.3 Å². The summed E-state index contributed by atoms with van der Waals surface area (Å²) >= 11 is 0. The zero-order valence-corrected chi connectivity index (χ0v) is 15.2. The number of unbranched alkanes of at least 4 members (excludes halogenated alkanes) is 2. The van der Waals surface area contributed by atoms with Crippen molar-refractivity contribution in [2.75, 3.05) is 6.61 Å². The van der Waals surface area contributed by atoms with E-state index in [-0.39, 0.29) is 28.6 Å². The fourth-order valence-corrected chi connectivity index (χ4v) is 2.88. The summed E-state index contributed by atoms with van der Waals surface area (Å²) in [5, 5.41) is 18.8. The van der Waals surface area contributed by atoms with Gasteiger partial charge < -0.3 is 14.3 Å². The normalized spacial score (nSPS) is 10.8. The van der Waals surface area contributed by atoms with Crippen LogP contribution in [0.2, 0.25) is 0 Å². The standard InChI is InChI=1S/C21H21NO6/c23-16-11-15(27-10-6-2-5-9-20(25)22-26)12-19-21(16)17(24)13-18(28-19)14-7-3-1-4-8-14/h1,3-4,7-8,11-13,23,26H,2,5-6,9-10H2,(H,22,25). The molecule has 7 nitrogen and oxygen atoms in total. The highest BCUT2D eigenvalue weighted by Crippen LogP contribution is 2.31. The van der Waals surface area contributed by atoms with E-state index in [2.05, 4.69) is 0 Å². The van der Waals surface area contributed by atoms with Crippen LogP contribution in [0.15, 0.2) is 57.7 Å². The number of benzene rings is 2. The smallest absolute Gasteiger partial charge is 0.243 e. The van der Waals surface area contributed by atoms with E-state index in [9.17, 15) is 14.7 Å². The van der Waals surface area contributed by atoms with Crippen molar-refractivity contribution in [3.8, 4) is 22.8 Å². The van der Waals surface area contributed by atoms with Crippen LogP contribution in [0.3, 0.4) is 0 Å². The van der Waals surface area contributed by atoms with Crippen LogP contribution in [0.4, 0.5) is 0 Å². The third-order valence-corrected chi connectivity index (χ3v) is 4.28. The van der Waals surface area contributed by atoms with Gasteiger partial charge in [-0.1, -0.05) is 30.3 Å². The molecule has 0 spiro atoms. The topological polar surface area (TPSA) is 109 Å². The molecule has 1 aromatic heterocycles. The number of carbonyl (C=O) groups is 1. The average Bonchev–Trinajstić information content (AvgIpc) is 2.70. The number of aromatic hydroxyl groups is 1. The van der Waals surface area contributed by atoms with Crippen molar-refractivity contribution in [3.63, 3.8) is 0 Å². The van der Waals surface area contributed by atoms with E-state index < -0.39 is 5.91 Å². The highest BCUT2D eigenvalue weighted by atomic mass is 16.5. The molecule has 0 unspecified atom stereocenters. The quantitative estimate of drug-likeness (QED) is 0.311. The summed E-state index contributed by atoms with van der Waals surface area (Å²) in [5.41, 5.74) is 2.28. The first-order valence-electron chi connectivity index (χ1n) is 9.00. The minimum Gasteiger partial charge on any atom is -0.507 e. The third kappa shape index (κ3) is 4.69. The monoisotopic (exact) mass is 383 g/mol. The molecule has 7 heteroatoms. The molecule has 1 heterocycles. The van der Waals surface area contributed by atoms with Gasteiger partial charge in [0.15, 0.2) is 5.43 Å². The maximum Gasteiger partial charge on any atom is 0.243 e. The summed E-state index contributed by atoms with van der Waals surface area (Å²) < 4.78 is 11.5. The highest BCUT2D eigenvalue weighted by Gasteiger charge is 2.13. The van der Waals surface area contributed by atoms with Gasteiger partial charge in [0.25, 0.3) is 0 Å². The minimum absolute atomic E-state index is 0.113. The number of amides is 1. The van der Waals surface area contributed by atoms with Crippen LogP contribution < -0.4 is 15.6 Å². The van der Waals surface area contributed by atoms with Gasteiger partial charge in [-0.25, -0.2) is 5.48 Å². The second-order valence-electron chi connectivity index (χ2n) is 6.35. The van der Waals surface area contributed by atoms with Crippen LogP contribution in [0.1, 0.15) is 25.7 Å². The van der Waals surface area contributed by atoms with Crippen LogP contribution in [0.5, 0.6) is 11.5 Å². The van der Waals surface area contributed by atoms with E-state index in [1.54, 1.807) is 11.5 Å². The van der Waals surface area contributed by atoms with Crippen molar-refractivity contribution in [1.29, 1.82) is 0 Å². The molecule has 0 atom stereocenters. The van der Waals surface area contributed by atoms with E-state index in [1.165, 1.54) is 12.1 Å². The van der Waals surface area contributed by atoms with Gasteiger partial charge in [0.2, 0.25) is 5.91 Å². The molecule has 3 aromatic rings. The second-order valence-corrected chi connectivity index (χ2v) is 6.35. The zero-order chi connectivity index (χ0) is 19.9. The lowest BCUT2D eigenvalue weighted by molar-refractivity contribution is -0.129. The van der Waals surface area contributed by atoms with E-state index in [1.807, 2.05) is 30.3 Å². The Morgan fingerprint density at radius 3 is 2.61 bits per heavy atom. The molecule has 146 valence electrons. The Morgan fingerprint density at radius 1 is 1.07 bits per heavy atom. The van der Waals surface area contributed by atoms with Crippen LogP contribution in [0, 0.1) is 0 Å². The van der Waals surface area contributed by atoms with Crippen molar-refractivity contribution in [2.24, 2.45) is 0 Å². The number of carbonyl (C=O) groups excluding carboxylic acids is 1. The molecule has 0 saturated heterocycles. The molecule has 0 bridgehead atoms. The molecule has 0 fully saturated rings. The van der Waals surface area contributed by atoms with Crippen molar-refractivity contribution in [1.82, 2.24) is 5.48 Å². The summed E-state index contributed by atoms with van der Waals surface area (Å²) in [4.78, 5) is 23.3. The van der Waals surface area contributed by atoms with E-state index >= 15 is 0 Å². The van der Waals surface area contributed by atoms with Gasteiger partial charge in [0.1, 0.15) is 28.2 Å². The van der Waals surface area contributed by atoms with Gasteiger partial charge in [0, 0.05) is 30.2 Å². The molecule has 3 N–H and O–H groups in total. The summed E-state index contributed by atoms with van der Waals surface area (Å²) in [5.74, 6) is 0.202. The number of phenolic OH excluding ortho intramolecular Hbond substituents is 1. The number of ether oxygens (including phenoxy) is 1. The fourth-order valence-electron chi connectivity index (χ4n) is 2.88. The lowest BCUT2D eigenvalue weighted by Gasteiger charge is -2.09. The van der Waals surface area contributed by atoms with Crippen molar-refractivity contribution < 1.29 is 24.3 Å². The first-order valence-corrected chi connectivity index (χ1v) is 9.00. The molecule has 3 rings (SSSR count). The molecule has 0 aliphatic rings. The Hall–Kier alpha value is -3.32. The van der Waals surface area contributed by atoms with Gasteiger partial charge in [-0.05, 0) is 19.3 Å². The number of rotatable bonds is 8. The molecule has 28 heavy (non-hydrogen) atoms. The lowest BCUT2D eigenvalue weighted by atomic mass is 10.1. The summed E-state index contributed by atoms with van der Waals surface area (Å²) in [7, 11) is 0. The molecule has 1 amide bonds. The van der Waals surface area contributed by atoms with Crippen LogP contribution in [-0.2, 0) is 4.79 Å². The first kappa shape index (κ1) is 19.4. The Kier molecular flexibility index (Phi) is 6.29. The molecule has 0 aliphatic heterocycles. The average molecular weight is 383 g/mol. The molecule has 2 aromatic carbocycles. The predicted molar refractivity (Wildman–Crippen MR) is 103 cm³/mol. The maximum absolute atomic E-state index is 12.4. The maximum atomic E-state index is 12.4. The Morgan fingerprint density at radius 2 is 1.86 bits per heavy atom. The van der Waals surface area contributed by atoms with Crippen molar-refractivity contribution in [3.05, 3.63) is 58.8 Å². The fraction of sp³-hybridized carbons (Fsp3) is 0.238. The highest BCUT2D eigenvalue weighted by molar-refractivity contribution is 5.86. The summed E-state index contributed by atoms with van der Waals surface area (Å²) in [6, 6.07) is 13.6. The minimum atomic E-state index is -0.412. The van der Waals surface area contributed by atoms with Crippen LogP contribution >= 0.6 is 0 Å². The van der Waals surface area contributed by atoms with Gasteiger partial charge in [-0.15, -0.1) is 0 Å². The summed E-state index contributed by atoms with van der Waals surface area (Å²) in [6.07, 6.45) is 2.33. The molecule has 0 saturated carbocycles. The van der Waals surface area contributed by atoms with Gasteiger partial charge >= 0.3 is 0 Å². The molecular weight excluding hydrogens is 362 g/mol. The van der Waals surface area contributed by atoms with E-state index in [0.717, 1.165) is 12.0 Å². The number of nitrogens with one attached hydrogen (secondary N) is 1. The number of fused-ring (bicyclic) bond motifs is 1. The Labute approximate surface area is 161 Å². The number of phenols is 1. The van der Waals surface area contributed by atoms with E-state index in [4.69, 9.17) is 14.4 Å². The third-order valence-electron chi connectivity index (χ3n) is 4.28. The number of hydroxylamine groups is 1. The zero-order valence-electron chi connectivity index (χ0n) is 15.2. The van der Waals surface area contributed by atoms with Crippen molar-refractivity contribution in [2.45, 2.75) is 25.7 Å². The number of hydrogen-bond donors (Lipinski definition) is 3. The molecule has 0 aliphatic carbocycles.